The fraction of sp³-hybridized carbons (Fsp3) is 0.444. The van der Waals surface area contributed by atoms with Gasteiger partial charge in [-0.15, -0.1) is 0 Å². The largest absolute Gasteiger partial charge is 0.392 e. The molecule has 0 saturated carbocycles. The molecule has 4 nitrogen and oxygen atoms in total. The van der Waals surface area contributed by atoms with Crippen molar-refractivity contribution < 1.29 is 5.11 Å². The van der Waals surface area contributed by atoms with E-state index in [2.05, 4.69) is 64.4 Å². The van der Waals surface area contributed by atoms with Crippen LogP contribution in [0.4, 0.5) is 0 Å². The number of rotatable bonds is 6. The fourth-order valence-electron chi connectivity index (χ4n) is 3.23. The molecule has 118 valence electrons. The van der Waals surface area contributed by atoms with Crippen molar-refractivity contribution in [1.29, 1.82) is 0 Å². The van der Waals surface area contributed by atoms with E-state index in [1.54, 1.807) is 0 Å². The van der Waals surface area contributed by atoms with Crippen molar-refractivity contribution in [2.24, 2.45) is 7.05 Å². The second-order valence-corrected chi connectivity index (χ2v) is 6.20. The van der Waals surface area contributed by atoms with Gasteiger partial charge in [0, 0.05) is 51.2 Å². The molecule has 1 aromatic carbocycles. The van der Waals surface area contributed by atoms with Gasteiger partial charge < -0.3 is 15.0 Å². The topological polar surface area (TPSA) is 40.4 Å². The zero-order valence-electron chi connectivity index (χ0n) is 13.2. The van der Waals surface area contributed by atoms with Crippen LogP contribution in [0.3, 0.4) is 0 Å². The maximum atomic E-state index is 10.0. The zero-order chi connectivity index (χ0) is 15.4. The third-order valence-corrected chi connectivity index (χ3v) is 4.47. The highest BCUT2D eigenvalue weighted by Gasteiger charge is 2.30. The summed E-state index contributed by atoms with van der Waals surface area (Å²) in [5, 5.41) is 13.5. The maximum Gasteiger partial charge on any atom is 0.0682 e. The molecule has 1 aliphatic heterocycles. The van der Waals surface area contributed by atoms with E-state index in [1.165, 1.54) is 11.3 Å². The molecule has 2 aromatic rings. The highest BCUT2D eigenvalue weighted by atomic mass is 16.3. The van der Waals surface area contributed by atoms with E-state index in [1.807, 2.05) is 6.07 Å². The second-order valence-electron chi connectivity index (χ2n) is 6.20. The predicted octanol–water partition coefficient (Wildman–Crippen LogP) is 1.75. The Balaban J connectivity index is 1.53. The minimum absolute atomic E-state index is 0.203. The normalized spacial score (nSPS) is 22.3. The van der Waals surface area contributed by atoms with Gasteiger partial charge in [0.1, 0.15) is 0 Å². The summed E-state index contributed by atoms with van der Waals surface area (Å²) in [6, 6.07) is 15.1. The Morgan fingerprint density at radius 1 is 1.18 bits per heavy atom. The molecule has 0 radical (unpaired) electrons. The van der Waals surface area contributed by atoms with Gasteiger partial charge in [-0.25, -0.2) is 0 Å². The molecule has 4 heteroatoms. The lowest BCUT2D eigenvalue weighted by Crippen LogP contribution is -2.37. The Bertz CT molecular complexity index is 581. The minimum atomic E-state index is -0.203. The number of hydrogen-bond donors (Lipinski definition) is 2. The number of aryl methyl sites for hydroxylation is 1. The molecule has 1 fully saturated rings. The molecular weight excluding hydrogens is 274 g/mol. The van der Waals surface area contributed by atoms with Gasteiger partial charge in [-0.3, -0.25) is 4.90 Å². The minimum Gasteiger partial charge on any atom is -0.392 e. The van der Waals surface area contributed by atoms with Gasteiger partial charge in [0.15, 0.2) is 0 Å². The van der Waals surface area contributed by atoms with Gasteiger partial charge in [0.25, 0.3) is 0 Å². The number of aliphatic hydroxyl groups excluding tert-OH is 1. The van der Waals surface area contributed by atoms with Crippen LogP contribution in [0.1, 0.15) is 17.7 Å². The van der Waals surface area contributed by atoms with E-state index >= 15 is 0 Å². The van der Waals surface area contributed by atoms with E-state index in [0.29, 0.717) is 6.04 Å². The zero-order valence-corrected chi connectivity index (χ0v) is 13.2. The highest BCUT2D eigenvalue weighted by molar-refractivity contribution is 5.15. The number of nitrogens with one attached hydrogen (secondary N) is 1. The van der Waals surface area contributed by atoms with Gasteiger partial charge in [-0.2, -0.15) is 0 Å². The molecule has 3 rings (SSSR count). The molecule has 2 atom stereocenters. The number of likely N-dealkylation sites (tertiary alicyclic amines) is 1. The summed E-state index contributed by atoms with van der Waals surface area (Å²) in [6.07, 6.45) is 2.72. The van der Waals surface area contributed by atoms with Gasteiger partial charge in [-0.05, 0) is 24.1 Å². The van der Waals surface area contributed by atoms with Gasteiger partial charge in [0.2, 0.25) is 0 Å². The summed E-state index contributed by atoms with van der Waals surface area (Å²) in [4.78, 5) is 2.39. The van der Waals surface area contributed by atoms with Crippen LogP contribution in [0.2, 0.25) is 0 Å². The van der Waals surface area contributed by atoms with Crippen LogP contribution >= 0.6 is 0 Å². The Labute approximate surface area is 132 Å². The fourth-order valence-corrected chi connectivity index (χ4v) is 3.23. The summed E-state index contributed by atoms with van der Waals surface area (Å²) in [5.74, 6) is 0. The van der Waals surface area contributed by atoms with Crippen LogP contribution in [0, 0.1) is 0 Å². The van der Waals surface area contributed by atoms with Crippen molar-refractivity contribution in [3.63, 3.8) is 0 Å². The van der Waals surface area contributed by atoms with Crippen LogP contribution in [-0.4, -0.2) is 39.8 Å². The summed E-state index contributed by atoms with van der Waals surface area (Å²) in [6.45, 7) is 3.46. The van der Waals surface area contributed by atoms with E-state index in [4.69, 9.17) is 0 Å². The average molecular weight is 299 g/mol. The molecule has 2 heterocycles. The number of aliphatic hydroxyl groups is 1. The van der Waals surface area contributed by atoms with E-state index in [0.717, 1.165) is 32.6 Å². The lowest BCUT2D eigenvalue weighted by atomic mass is 10.1. The number of β-amino-alcohol motifs (C(OH)–C–C–N with tert-alkyl or cyclic N) is 1. The van der Waals surface area contributed by atoms with E-state index in [-0.39, 0.29) is 6.10 Å². The lowest BCUT2D eigenvalue weighted by Gasteiger charge is -2.24. The average Bonchev–Trinajstić information content (AvgIpc) is 3.07. The van der Waals surface area contributed by atoms with Crippen LogP contribution in [0.25, 0.3) is 0 Å². The third-order valence-electron chi connectivity index (χ3n) is 4.47. The summed E-state index contributed by atoms with van der Waals surface area (Å²) in [7, 11) is 2.07. The molecule has 0 spiro atoms. The molecule has 1 aromatic heterocycles. The first-order valence-corrected chi connectivity index (χ1v) is 7.99. The SMILES string of the molecule is Cn1cccc1CNCC1CC(O)CN1Cc1ccccc1. The third kappa shape index (κ3) is 3.77. The Morgan fingerprint density at radius 2 is 2.00 bits per heavy atom. The molecule has 0 bridgehead atoms. The van der Waals surface area contributed by atoms with Crippen molar-refractivity contribution in [1.82, 2.24) is 14.8 Å². The number of nitrogens with zero attached hydrogens (tertiary/aromatic N) is 2. The van der Waals surface area contributed by atoms with E-state index in [9.17, 15) is 5.11 Å². The van der Waals surface area contributed by atoms with Crippen molar-refractivity contribution >= 4 is 0 Å². The second kappa shape index (κ2) is 7.09. The maximum absolute atomic E-state index is 10.0. The van der Waals surface area contributed by atoms with Crippen molar-refractivity contribution in [2.45, 2.75) is 31.7 Å². The smallest absolute Gasteiger partial charge is 0.0682 e. The van der Waals surface area contributed by atoms with Crippen LogP contribution < -0.4 is 5.32 Å². The summed E-state index contributed by atoms with van der Waals surface area (Å²) < 4.78 is 2.14. The first-order chi connectivity index (χ1) is 10.7. The molecule has 22 heavy (non-hydrogen) atoms. The molecule has 1 aliphatic rings. The van der Waals surface area contributed by atoms with Gasteiger partial charge >= 0.3 is 0 Å². The van der Waals surface area contributed by atoms with Crippen molar-refractivity contribution in [2.75, 3.05) is 13.1 Å². The Hall–Kier alpha value is -1.62. The van der Waals surface area contributed by atoms with Gasteiger partial charge in [0.05, 0.1) is 6.10 Å². The lowest BCUT2D eigenvalue weighted by molar-refractivity contribution is 0.172. The molecule has 2 unspecified atom stereocenters. The first-order valence-electron chi connectivity index (χ1n) is 7.99. The summed E-state index contributed by atoms with van der Waals surface area (Å²) in [5.41, 5.74) is 2.59. The number of benzene rings is 1. The monoisotopic (exact) mass is 299 g/mol. The van der Waals surface area contributed by atoms with Crippen LogP contribution in [0.15, 0.2) is 48.7 Å². The first kappa shape index (κ1) is 15.3. The number of hydrogen-bond acceptors (Lipinski definition) is 3. The predicted molar refractivity (Wildman–Crippen MR) is 88.4 cm³/mol. The Kier molecular flexibility index (Phi) is 4.93. The molecule has 1 saturated heterocycles. The van der Waals surface area contributed by atoms with Gasteiger partial charge in [-0.1, -0.05) is 30.3 Å². The van der Waals surface area contributed by atoms with Crippen molar-refractivity contribution in [3.8, 4) is 0 Å². The molecule has 0 amide bonds. The standard InChI is InChI=1S/C18H25N3O/c1-20-9-5-8-16(20)11-19-12-17-10-18(22)14-21(17)13-15-6-3-2-4-7-15/h2-9,17-19,22H,10-14H2,1H3. The van der Waals surface area contributed by atoms with Crippen molar-refractivity contribution in [3.05, 3.63) is 59.9 Å². The molecule has 0 aliphatic carbocycles. The van der Waals surface area contributed by atoms with Crippen LogP contribution in [-0.2, 0) is 20.1 Å². The Morgan fingerprint density at radius 3 is 2.73 bits per heavy atom. The molecule has 2 N–H and O–H groups in total. The quantitative estimate of drug-likeness (QED) is 0.854. The highest BCUT2D eigenvalue weighted by Crippen LogP contribution is 2.20. The molecular formula is C18H25N3O. The van der Waals surface area contributed by atoms with Crippen LogP contribution in [0.5, 0.6) is 0 Å². The van der Waals surface area contributed by atoms with E-state index < -0.39 is 0 Å². The summed E-state index contributed by atoms with van der Waals surface area (Å²) >= 11 is 0. The number of aromatic nitrogens is 1.